The van der Waals surface area contributed by atoms with Crippen molar-refractivity contribution in [2.75, 3.05) is 0 Å². The second-order valence-corrected chi connectivity index (χ2v) is 15.9. The molecule has 1 aromatic heterocycles. The molecule has 0 aliphatic rings. The first kappa shape index (κ1) is 30.4. The lowest BCUT2D eigenvalue weighted by molar-refractivity contribution is 1.18. The van der Waals surface area contributed by atoms with E-state index in [0.29, 0.717) is 16.9 Å². The SMILES string of the molecule is [C-]#[N+]c1ccc(-n2c3ccccc3c3cc(C#N)ccc32)c(-c2c([N+]#[C-])cccc2[Si](c2ccccc2)(c2ccccc2)c2ccccc2)c1. The Bertz CT molecular complexity index is 2580. The fourth-order valence-electron chi connectivity index (χ4n) is 7.55. The van der Waals surface area contributed by atoms with E-state index >= 15 is 0 Å². The Morgan fingerprint density at radius 3 is 1.74 bits per heavy atom. The van der Waals surface area contributed by atoms with Crippen LogP contribution in [0.1, 0.15) is 5.56 Å². The van der Waals surface area contributed by atoms with Gasteiger partial charge in [0.2, 0.25) is 0 Å². The van der Waals surface area contributed by atoms with Crippen molar-refractivity contribution in [2.45, 2.75) is 0 Å². The highest BCUT2D eigenvalue weighted by Crippen LogP contribution is 2.41. The fourth-order valence-corrected chi connectivity index (χ4v) is 12.5. The van der Waals surface area contributed by atoms with Gasteiger partial charge in [-0.1, -0.05) is 133 Å². The van der Waals surface area contributed by atoms with Gasteiger partial charge < -0.3 is 4.57 Å². The summed E-state index contributed by atoms with van der Waals surface area (Å²) >= 11 is 0. The molecule has 7 aromatic carbocycles. The summed E-state index contributed by atoms with van der Waals surface area (Å²) in [6.07, 6.45) is 0. The second kappa shape index (κ2) is 12.6. The average molecular weight is 653 g/mol. The molecular weight excluding hydrogens is 625 g/mol. The summed E-state index contributed by atoms with van der Waals surface area (Å²) in [6.45, 7) is 16.6. The summed E-state index contributed by atoms with van der Waals surface area (Å²) in [4.78, 5) is 8.06. The molecule has 0 amide bonds. The van der Waals surface area contributed by atoms with Crippen LogP contribution in [-0.2, 0) is 0 Å². The van der Waals surface area contributed by atoms with E-state index in [4.69, 9.17) is 13.1 Å². The van der Waals surface area contributed by atoms with Gasteiger partial charge in [-0.2, -0.15) is 5.26 Å². The van der Waals surface area contributed by atoms with Gasteiger partial charge >= 0.3 is 0 Å². The van der Waals surface area contributed by atoms with Crippen LogP contribution in [0.15, 0.2) is 170 Å². The average Bonchev–Trinajstić information content (AvgIpc) is 3.52. The van der Waals surface area contributed by atoms with E-state index in [2.05, 4.69) is 111 Å². The maximum atomic E-state index is 9.78. The van der Waals surface area contributed by atoms with Crippen LogP contribution in [0.2, 0.25) is 0 Å². The quantitative estimate of drug-likeness (QED) is 0.101. The van der Waals surface area contributed by atoms with Gasteiger partial charge in [-0.05, 0) is 68.3 Å². The normalized spacial score (nSPS) is 11.1. The molecule has 0 atom stereocenters. The van der Waals surface area contributed by atoms with Crippen LogP contribution in [0, 0.1) is 24.5 Å². The first-order valence-electron chi connectivity index (χ1n) is 16.3. The predicted octanol–water partition coefficient (Wildman–Crippen LogP) is 8.80. The van der Waals surface area contributed by atoms with Gasteiger partial charge in [0.1, 0.15) is 0 Å². The third-order valence-electron chi connectivity index (χ3n) is 9.61. The summed E-state index contributed by atoms with van der Waals surface area (Å²) in [6, 6.07) is 60.2. The van der Waals surface area contributed by atoms with E-state index in [-0.39, 0.29) is 0 Å². The number of hydrogen-bond donors (Lipinski definition) is 0. The van der Waals surface area contributed by atoms with Gasteiger partial charge in [0.05, 0.1) is 41.5 Å². The Labute approximate surface area is 292 Å². The van der Waals surface area contributed by atoms with Crippen LogP contribution >= 0.6 is 0 Å². The zero-order chi connectivity index (χ0) is 34.1. The maximum absolute atomic E-state index is 9.78. The van der Waals surface area contributed by atoms with Crippen LogP contribution < -0.4 is 20.7 Å². The summed E-state index contributed by atoms with van der Waals surface area (Å²) in [7, 11) is -3.10. The minimum absolute atomic E-state index is 0.494. The number of fused-ring (bicyclic) bond motifs is 3. The summed E-state index contributed by atoms with van der Waals surface area (Å²) < 4.78 is 2.22. The van der Waals surface area contributed by atoms with Crippen molar-refractivity contribution in [3.05, 3.63) is 198 Å². The van der Waals surface area contributed by atoms with Gasteiger partial charge in [-0.15, -0.1) is 0 Å². The van der Waals surface area contributed by atoms with Crippen LogP contribution in [0.3, 0.4) is 0 Å². The van der Waals surface area contributed by atoms with Crippen LogP contribution in [-0.4, -0.2) is 12.6 Å². The molecule has 0 radical (unpaired) electrons. The second-order valence-electron chi connectivity index (χ2n) is 12.2. The lowest BCUT2D eigenvalue weighted by Gasteiger charge is -2.36. The van der Waals surface area contributed by atoms with Crippen molar-refractivity contribution < 1.29 is 0 Å². The molecule has 0 bridgehead atoms. The highest BCUT2D eigenvalue weighted by Gasteiger charge is 2.43. The molecule has 0 N–H and O–H groups in total. The topological polar surface area (TPSA) is 37.4 Å². The molecule has 1 heterocycles. The molecule has 0 saturated carbocycles. The molecule has 0 aliphatic heterocycles. The number of para-hydroxylation sites is 1. The van der Waals surface area contributed by atoms with Crippen molar-refractivity contribution in [2.24, 2.45) is 0 Å². The van der Waals surface area contributed by atoms with E-state index in [9.17, 15) is 5.26 Å². The number of rotatable bonds is 6. The van der Waals surface area contributed by atoms with Gasteiger partial charge in [0.25, 0.3) is 0 Å². The minimum Gasteiger partial charge on any atom is -0.309 e. The summed E-state index contributed by atoms with van der Waals surface area (Å²) in [5.41, 5.74) is 6.04. The van der Waals surface area contributed by atoms with Crippen LogP contribution in [0.4, 0.5) is 11.4 Å². The highest BCUT2D eigenvalue weighted by atomic mass is 28.3. The number of nitrogens with zero attached hydrogens (tertiary/aromatic N) is 4. The largest absolute Gasteiger partial charge is 0.309 e. The highest BCUT2D eigenvalue weighted by molar-refractivity contribution is 7.20. The lowest BCUT2D eigenvalue weighted by Crippen LogP contribution is -2.75. The Morgan fingerprint density at radius 2 is 1.14 bits per heavy atom. The number of nitriles is 1. The zero-order valence-corrected chi connectivity index (χ0v) is 28.0. The monoisotopic (exact) mass is 652 g/mol. The van der Waals surface area contributed by atoms with Crippen LogP contribution in [0.25, 0.3) is 48.3 Å². The first-order chi connectivity index (χ1) is 24.7. The molecule has 8 rings (SSSR count). The fraction of sp³-hybridized carbons (Fsp3) is 0. The standard InChI is InChI=1S/C45H28N4Si/c1-47-33-26-28-43(49-41-23-13-12-21-37(41)38-29-32(31-46)25-27-42(38)49)39(30-33)45-40(48-2)22-14-24-44(45)50(34-15-6-3-7-16-34,35-17-8-4-9-18-35)36-19-10-5-11-20-36/h3-30H. The van der Waals surface area contributed by atoms with Gasteiger partial charge in [0, 0.05) is 10.8 Å². The number of aromatic nitrogens is 1. The molecule has 232 valence electrons. The third kappa shape index (κ3) is 4.72. The molecule has 4 nitrogen and oxygen atoms in total. The molecule has 50 heavy (non-hydrogen) atoms. The van der Waals surface area contributed by atoms with Gasteiger partial charge in [-0.3, -0.25) is 0 Å². The lowest BCUT2D eigenvalue weighted by atomic mass is 10.00. The predicted molar refractivity (Wildman–Crippen MR) is 207 cm³/mol. The Balaban J connectivity index is 1.56. The summed E-state index contributed by atoms with van der Waals surface area (Å²) in [5.74, 6) is 0. The van der Waals surface area contributed by atoms with Crippen molar-refractivity contribution in [3.63, 3.8) is 0 Å². The van der Waals surface area contributed by atoms with E-state index in [0.717, 1.165) is 43.8 Å². The molecule has 0 unspecified atom stereocenters. The van der Waals surface area contributed by atoms with Crippen LogP contribution in [0.5, 0.6) is 0 Å². The van der Waals surface area contributed by atoms with E-state index < -0.39 is 8.07 Å². The smallest absolute Gasteiger partial charge is 0.194 e. The number of hydrogen-bond acceptors (Lipinski definition) is 1. The van der Waals surface area contributed by atoms with Gasteiger partial charge in [-0.25, -0.2) is 9.69 Å². The maximum Gasteiger partial charge on any atom is 0.194 e. The Hall–Kier alpha value is -6.97. The molecule has 0 aliphatic carbocycles. The third-order valence-corrected chi connectivity index (χ3v) is 14.4. The molecular formula is C45H28N4Si. The van der Waals surface area contributed by atoms with Crippen molar-refractivity contribution in [1.82, 2.24) is 4.57 Å². The van der Waals surface area contributed by atoms with Crippen molar-refractivity contribution >= 4 is 62.0 Å². The molecule has 0 spiro atoms. The first-order valence-corrected chi connectivity index (χ1v) is 18.3. The Kier molecular flexibility index (Phi) is 7.63. The molecule has 0 fully saturated rings. The number of benzene rings is 7. The van der Waals surface area contributed by atoms with Gasteiger partial charge in [0.15, 0.2) is 19.4 Å². The van der Waals surface area contributed by atoms with Crippen molar-refractivity contribution in [3.8, 4) is 22.9 Å². The minimum atomic E-state index is -3.10. The molecule has 8 aromatic rings. The molecule has 5 heteroatoms. The van der Waals surface area contributed by atoms with E-state index in [1.165, 1.54) is 15.6 Å². The van der Waals surface area contributed by atoms with Crippen molar-refractivity contribution in [1.29, 1.82) is 5.26 Å². The van der Waals surface area contributed by atoms with E-state index in [1.54, 1.807) is 0 Å². The Morgan fingerprint density at radius 1 is 0.540 bits per heavy atom. The van der Waals surface area contributed by atoms with E-state index in [1.807, 2.05) is 78.9 Å². The molecule has 0 saturated heterocycles. The summed E-state index contributed by atoms with van der Waals surface area (Å²) in [5, 5.41) is 16.5. The zero-order valence-electron chi connectivity index (χ0n) is 27.0.